The number of nitrogens with zero attached hydrogens (tertiary/aromatic N) is 1. The Bertz CT molecular complexity index is 712. The van der Waals surface area contributed by atoms with Gasteiger partial charge in [0.15, 0.2) is 0 Å². The van der Waals surface area contributed by atoms with E-state index in [1.165, 1.54) is 36.9 Å². The van der Waals surface area contributed by atoms with Crippen LogP contribution in [0.25, 0.3) is 0 Å². The summed E-state index contributed by atoms with van der Waals surface area (Å²) < 4.78 is 4.08. The van der Waals surface area contributed by atoms with Crippen LogP contribution in [0.4, 0.5) is 5.69 Å². The molecule has 0 bridgehead atoms. The zero-order valence-electron chi connectivity index (χ0n) is 13.1. The van der Waals surface area contributed by atoms with Gasteiger partial charge in [0.25, 0.3) is 0 Å². The number of fused-ring (bicyclic) bond motifs is 1. The van der Waals surface area contributed by atoms with Crippen molar-refractivity contribution >= 4 is 31.3 Å². The van der Waals surface area contributed by atoms with Crippen LogP contribution in [0.5, 0.6) is 0 Å². The first-order valence-electron chi connectivity index (χ1n) is 8.19. The fourth-order valence-corrected chi connectivity index (χ4v) is 6.45. The molecule has 1 saturated carbocycles. The van der Waals surface area contributed by atoms with E-state index in [4.69, 9.17) is 0 Å². The second kappa shape index (κ2) is 5.68. The molecule has 2 aromatic carbocycles. The van der Waals surface area contributed by atoms with Crippen molar-refractivity contribution in [2.24, 2.45) is 0 Å². The molecule has 4 rings (SSSR count). The minimum atomic E-state index is 0.426. The van der Waals surface area contributed by atoms with Gasteiger partial charge >= 0.3 is 139 Å². The number of rotatable bonds is 2. The van der Waals surface area contributed by atoms with Gasteiger partial charge in [0.1, 0.15) is 0 Å². The minimum absolute atomic E-state index is 0.426. The first-order valence-corrected chi connectivity index (χ1v) is 10.3. The van der Waals surface area contributed by atoms with E-state index in [2.05, 4.69) is 66.2 Å². The van der Waals surface area contributed by atoms with Gasteiger partial charge in [0.2, 0.25) is 0 Å². The molecule has 0 amide bonds. The average Bonchev–Trinajstić information content (AvgIpc) is 3.02. The van der Waals surface area contributed by atoms with Crippen LogP contribution < -0.4 is 4.46 Å². The third-order valence-corrected chi connectivity index (χ3v) is 7.55. The topological polar surface area (TPSA) is 3.01 Å². The molecule has 2 aliphatic rings. The van der Waals surface area contributed by atoms with Crippen molar-refractivity contribution in [2.45, 2.75) is 38.0 Å². The van der Waals surface area contributed by atoms with E-state index < -0.39 is 0 Å². The molecule has 0 spiro atoms. The van der Waals surface area contributed by atoms with Crippen molar-refractivity contribution in [3.05, 3.63) is 59.7 Å². The van der Waals surface area contributed by atoms with E-state index in [9.17, 15) is 0 Å². The van der Waals surface area contributed by atoms with Gasteiger partial charge in [-0.25, -0.2) is 0 Å². The zero-order chi connectivity index (χ0) is 15.0. The summed E-state index contributed by atoms with van der Waals surface area (Å²) in [6, 6.07) is 17.7. The van der Waals surface area contributed by atoms with Crippen LogP contribution in [-0.4, -0.2) is 31.2 Å². The maximum absolute atomic E-state index is 2.48. The standard InChI is InChI=1S/C20H22NSe/c1-20(12-5-6-13-20)18-11-7-8-16-14-21(15-22-19(16)18)17-9-3-2-4-10-17/h2-4,7-11,14H,5-6,12-13,15H2,1H3/q+1. The van der Waals surface area contributed by atoms with Crippen molar-refractivity contribution in [1.29, 1.82) is 0 Å². The van der Waals surface area contributed by atoms with Gasteiger partial charge in [0.05, 0.1) is 0 Å². The van der Waals surface area contributed by atoms with Crippen LogP contribution in [0.2, 0.25) is 0 Å². The molecule has 0 aromatic heterocycles. The van der Waals surface area contributed by atoms with Crippen LogP contribution in [0, 0.1) is 0 Å². The predicted octanol–water partition coefficient (Wildman–Crippen LogP) is 3.58. The Morgan fingerprint density at radius 3 is 2.50 bits per heavy atom. The van der Waals surface area contributed by atoms with Crippen molar-refractivity contribution in [1.82, 2.24) is 0 Å². The Morgan fingerprint density at radius 2 is 1.73 bits per heavy atom. The summed E-state index contributed by atoms with van der Waals surface area (Å²) in [4.78, 5) is 0. The molecule has 0 saturated heterocycles. The third kappa shape index (κ3) is 2.45. The summed E-state index contributed by atoms with van der Waals surface area (Å²) in [5.74, 6) is 0. The zero-order valence-corrected chi connectivity index (χ0v) is 14.8. The third-order valence-electron chi connectivity index (χ3n) is 5.13. The van der Waals surface area contributed by atoms with Crippen molar-refractivity contribution in [2.75, 3.05) is 5.44 Å². The van der Waals surface area contributed by atoms with Crippen LogP contribution in [0.1, 0.15) is 43.7 Å². The van der Waals surface area contributed by atoms with E-state index in [0.717, 1.165) is 5.44 Å². The van der Waals surface area contributed by atoms with Crippen molar-refractivity contribution < 1.29 is 4.58 Å². The van der Waals surface area contributed by atoms with E-state index >= 15 is 0 Å². The van der Waals surface area contributed by atoms with Crippen molar-refractivity contribution in [3.63, 3.8) is 0 Å². The molecule has 0 N–H and O–H groups in total. The number of hydrogen-bond donors (Lipinski definition) is 0. The van der Waals surface area contributed by atoms with Crippen molar-refractivity contribution in [3.8, 4) is 0 Å². The summed E-state index contributed by atoms with van der Waals surface area (Å²) in [5.41, 5.74) is 5.98. The monoisotopic (exact) mass is 356 g/mol. The molecule has 1 aliphatic heterocycles. The van der Waals surface area contributed by atoms with Gasteiger partial charge in [0, 0.05) is 0 Å². The molecule has 22 heavy (non-hydrogen) atoms. The van der Waals surface area contributed by atoms with Gasteiger partial charge in [-0.3, -0.25) is 0 Å². The quantitative estimate of drug-likeness (QED) is 0.572. The molecule has 0 radical (unpaired) electrons. The second-order valence-corrected chi connectivity index (χ2v) is 8.70. The second-order valence-electron chi connectivity index (χ2n) is 6.70. The SMILES string of the molecule is CC1(c2cccc3c2[Se]C[N+](c2ccccc2)=C3)CCCC1. The van der Waals surface area contributed by atoms with Gasteiger partial charge in [-0.1, -0.05) is 0 Å². The summed E-state index contributed by atoms with van der Waals surface area (Å²) in [6.45, 7) is 2.48. The van der Waals surface area contributed by atoms with Crippen LogP contribution in [0.15, 0.2) is 48.5 Å². The maximum atomic E-state index is 2.48. The summed E-state index contributed by atoms with van der Waals surface area (Å²) in [6.07, 6.45) is 7.88. The fourth-order valence-electron chi connectivity index (χ4n) is 3.83. The van der Waals surface area contributed by atoms with E-state index in [1.807, 2.05) is 0 Å². The molecular formula is C20H22NSe+. The predicted molar refractivity (Wildman–Crippen MR) is 94.0 cm³/mol. The first kappa shape index (κ1) is 14.2. The number of para-hydroxylation sites is 1. The molecule has 112 valence electrons. The Balaban J connectivity index is 1.76. The molecule has 1 heterocycles. The van der Waals surface area contributed by atoms with Gasteiger partial charge in [-0.2, -0.15) is 0 Å². The van der Waals surface area contributed by atoms with E-state index in [0.29, 0.717) is 20.4 Å². The van der Waals surface area contributed by atoms with Gasteiger partial charge < -0.3 is 0 Å². The fraction of sp³-hybridized carbons (Fsp3) is 0.350. The molecule has 2 aromatic rings. The molecule has 1 nitrogen and oxygen atoms in total. The van der Waals surface area contributed by atoms with Crippen LogP contribution in [-0.2, 0) is 5.41 Å². The normalized spacial score (nSPS) is 19.6. The van der Waals surface area contributed by atoms with Crippen LogP contribution >= 0.6 is 0 Å². The molecule has 2 heteroatoms. The van der Waals surface area contributed by atoms with Gasteiger partial charge in [-0.15, -0.1) is 0 Å². The molecule has 0 atom stereocenters. The Kier molecular flexibility index (Phi) is 3.68. The molecule has 1 aliphatic carbocycles. The summed E-state index contributed by atoms with van der Waals surface area (Å²) >= 11 is 0.530. The Hall–Kier alpha value is -1.37. The van der Waals surface area contributed by atoms with Gasteiger partial charge in [-0.05, 0) is 0 Å². The average molecular weight is 355 g/mol. The molecular weight excluding hydrogens is 333 g/mol. The summed E-state index contributed by atoms with van der Waals surface area (Å²) in [7, 11) is 0. The number of hydrogen-bond acceptors (Lipinski definition) is 0. The van der Waals surface area contributed by atoms with Crippen LogP contribution in [0.3, 0.4) is 0 Å². The van der Waals surface area contributed by atoms with E-state index in [1.54, 1.807) is 10.0 Å². The first-order chi connectivity index (χ1) is 10.8. The Labute approximate surface area is 139 Å². The molecule has 0 unspecified atom stereocenters. The summed E-state index contributed by atoms with van der Waals surface area (Å²) in [5, 5.41) is 0. The molecule has 1 fully saturated rings. The number of benzene rings is 2. The van der Waals surface area contributed by atoms with E-state index in [-0.39, 0.29) is 0 Å². The Morgan fingerprint density at radius 1 is 0.955 bits per heavy atom.